The Morgan fingerprint density at radius 3 is 2.33 bits per heavy atom. The van der Waals surface area contributed by atoms with Crippen LogP contribution < -0.4 is 0 Å². The van der Waals surface area contributed by atoms with Gasteiger partial charge in [0.2, 0.25) is 0 Å². The van der Waals surface area contributed by atoms with Gasteiger partial charge >= 0.3 is 0 Å². The van der Waals surface area contributed by atoms with Crippen molar-refractivity contribution in [2.24, 2.45) is 11.3 Å². The van der Waals surface area contributed by atoms with Crippen LogP contribution >= 0.6 is 0 Å². The minimum absolute atomic E-state index is 0.340. The lowest BCUT2D eigenvalue weighted by atomic mass is 9.79. The van der Waals surface area contributed by atoms with Crippen LogP contribution in [0.5, 0.6) is 0 Å². The standard InChI is InChI=1S/C26H29N/c1-16(2)15-18-11-8-12-21-22(18)23-19-13-14-20(26(19,3)4)24(23)25(27-21)17-9-6-5-7-10-17/h5-12,16,19-20H,13-15H2,1-4H3. The fourth-order valence-corrected chi connectivity index (χ4v) is 5.93. The number of aromatic nitrogens is 1. The van der Waals surface area contributed by atoms with Crippen LogP contribution in [0.2, 0.25) is 0 Å². The third-order valence-electron chi connectivity index (χ3n) is 7.09. The maximum absolute atomic E-state index is 5.27. The first-order chi connectivity index (χ1) is 13.0. The normalized spacial score (nSPS) is 22.6. The SMILES string of the molecule is CC(C)Cc1cccc2nc(-c3ccccc3)c3c(c12)C1CCC3C1(C)C. The second kappa shape index (κ2) is 5.92. The smallest absolute Gasteiger partial charge is 0.0747 e. The van der Waals surface area contributed by atoms with Crippen molar-refractivity contribution < 1.29 is 0 Å². The predicted octanol–water partition coefficient (Wildman–Crippen LogP) is 7.10. The summed E-state index contributed by atoms with van der Waals surface area (Å²) in [6.07, 6.45) is 3.77. The number of pyridine rings is 1. The van der Waals surface area contributed by atoms with Crippen LogP contribution in [0.25, 0.3) is 22.2 Å². The van der Waals surface area contributed by atoms with Crippen LogP contribution in [0.1, 0.15) is 69.1 Å². The summed E-state index contributed by atoms with van der Waals surface area (Å²) >= 11 is 0. The number of fused-ring (bicyclic) bond motifs is 7. The molecule has 2 unspecified atom stereocenters. The third kappa shape index (κ3) is 2.40. The van der Waals surface area contributed by atoms with Gasteiger partial charge in [0.1, 0.15) is 0 Å². The van der Waals surface area contributed by atoms with Gasteiger partial charge in [-0.1, -0.05) is 70.2 Å². The molecule has 138 valence electrons. The van der Waals surface area contributed by atoms with E-state index in [1.54, 1.807) is 11.1 Å². The van der Waals surface area contributed by atoms with E-state index in [1.807, 2.05) is 0 Å². The first-order valence-corrected chi connectivity index (χ1v) is 10.5. The van der Waals surface area contributed by atoms with E-state index in [2.05, 4.69) is 76.2 Å². The molecule has 1 saturated carbocycles. The highest BCUT2D eigenvalue weighted by atomic mass is 14.7. The largest absolute Gasteiger partial charge is 0.247 e. The molecule has 5 rings (SSSR count). The van der Waals surface area contributed by atoms with Gasteiger partial charge in [0.15, 0.2) is 0 Å². The van der Waals surface area contributed by atoms with Gasteiger partial charge in [0, 0.05) is 10.9 Å². The molecule has 0 N–H and O–H groups in total. The summed E-state index contributed by atoms with van der Waals surface area (Å²) < 4.78 is 0. The van der Waals surface area contributed by atoms with Gasteiger partial charge < -0.3 is 0 Å². The molecule has 0 saturated heterocycles. The van der Waals surface area contributed by atoms with Crippen molar-refractivity contribution in [3.63, 3.8) is 0 Å². The molecule has 0 aliphatic heterocycles. The molecule has 0 radical (unpaired) electrons. The second-order valence-corrected chi connectivity index (χ2v) is 9.57. The molecule has 1 fully saturated rings. The van der Waals surface area contributed by atoms with E-state index in [-0.39, 0.29) is 0 Å². The summed E-state index contributed by atoms with van der Waals surface area (Å²) in [7, 11) is 0. The number of nitrogens with zero attached hydrogens (tertiary/aromatic N) is 1. The van der Waals surface area contributed by atoms with Gasteiger partial charge in [0.25, 0.3) is 0 Å². The number of rotatable bonds is 3. The average Bonchev–Trinajstić information content (AvgIpc) is 3.07. The summed E-state index contributed by atoms with van der Waals surface area (Å²) in [6.45, 7) is 9.61. The number of hydrogen-bond acceptors (Lipinski definition) is 1. The van der Waals surface area contributed by atoms with E-state index < -0.39 is 0 Å². The zero-order valence-corrected chi connectivity index (χ0v) is 16.9. The molecule has 1 nitrogen and oxygen atoms in total. The van der Waals surface area contributed by atoms with Gasteiger partial charge in [-0.2, -0.15) is 0 Å². The van der Waals surface area contributed by atoms with Gasteiger partial charge in [0.05, 0.1) is 11.2 Å². The van der Waals surface area contributed by atoms with Crippen LogP contribution in [-0.4, -0.2) is 4.98 Å². The Morgan fingerprint density at radius 2 is 1.63 bits per heavy atom. The summed E-state index contributed by atoms with van der Waals surface area (Å²) in [4.78, 5) is 5.27. The quantitative estimate of drug-likeness (QED) is 0.488. The maximum atomic E-state index is 5.27. The fourth-order valence-electron chi connectivity index (χ4n) is 5.93. The summed E-state index contributed by atoms with van der Waals surface area (Å²) in [5, 5.41) is 1.47. The maximum Gasteiger partial charge on any atom is 0.0747 e. The zero-order valence-electron chi connectivity index (χ0n) is 16.9. The summed E-state index contributed by atoms with van der Waals surface area (Å²) in [5.41, 5.74) is 8.73. The van der Waals surface area contributed by atoms with E-state index >= 15 is 0 Å². The van der Waals surface area contributed by atoms with Gasteiger partial charge in [-0.15, -0.1) is 0 Å². The lowest BCUT2D eigenvalue weighted by molar-refractivity contribution is 0.326. The molecule has 2 atom stereocenters. The van der Waals surface area contributed by atoms with Crippen LogP contribution in [0.15, 0.2) is 48.5 Å². The molecule has 1 aromatic heterocycles. The fraction of sp³-hybridized carbons (Fsp3) is 0.423. The topological polar surface area (TPSA) is 12.9 Å². The Balaban J connectivity index is 1.87. The Bertz CT molecular complexity index is 1010. The summed E-state index contributed by atoms with van der Waals surface area (Å²) in [6, 6.07) is 17.6. The molecule has 1 heteroatoms. The lowest BCUT2D eigenvalue weighted by Gasteiger charge is -2.24. The van der Waals surface area contributed by atoms with Gasteiger partial charge in [-0.3, -0.25) is 0 Å². The third-order valence-corrected chi connectivity index (χ3v) is 7.09. The molecular formula is C26H29N. The number of hydrogen-bond donors (Lipinski definition) is 0. The molecular weight excluding hydrogens is 326 g/mol. The average molecular weight is 356 g/mol. The highest BCUT2D eigenvalue weighted by Gasteiger charge is 2.53. The Hall–Kier alpha value is -2.15. The molecule has 1 heterocycles. The van der Waals surface area contributed by atoms with Crippen molar-refractivity contribution in [2.75, 3.05) is 0 Å². The predicted molar refractivity (Wildman–Crippen MR) is 114 cm³/mol. The van der Waals surface area contributed by atoms with E-state index in [9.17, 15) is 0 Å². The lowest BCUT2D eigenvalue weighted by Crippen LogP contribution is -2.14. The van der Waals surface area contributed by atoms with E-state index in [4.69, 9.17) is 4.98 Å². The van der Waals surface area contributed by atoms with Crippen LogP contribution in [-0.2, 0) is 6.42 Å². The van der Waals surface area contributed by atoms with Crippen LogP contribution in [0.3, 0.4) is 0 Å². The van der Waals surface area contributed by atoms with Crippen molar-refractivity contribution in [1.29, 1.82) is 0 Å². The van der Waals surface area contributed by atoms with Gasteiger partial charge in [-0.05, 0) is 65.2 Å². The van der Waals surface area contributed by atoms with E-state index in [0.717, 1.165) is 6.42 Å². The van der Waals surface area contributed by atoms with Crippen molar-refractivity contribution in [3.05, 3.63) is 65.2 Å². The highest BCUT2D eigenvalue weighted by Crippen LogP contribution is 2.67. The second-order valence-electron chi connectivity index (χ2n) is 9.57. The van der Waals surface area contributed by atoms with Crippen LogP contribution in [0.4, 0.5) is 0 Å². The Kier molecular flexibility index (Phi) is 3.73. The van der Waals surface area contributed by atoms with Gasteiger partial charge in [-0.25, -0.2) is 4.98 Å². The molecule has 3 aromatic rings. The molecule has 2 bridgehead atoms. The molecule has 0 spiro atoms. The first kappa shape index (κ1) is 17.0. The van der Waals surface area contributed by atoms with Crippen molar-refractivity contribution in [1.82, 2.24) is 4.98 Å². The monoisotopic (exact) mass is 355 g/mol. The van der Waals surface area contributed by atoms with E-state index in [0.29, 0.717) is 23.2 Å². The van der Waals surface area contributed by atoms with Crippen molar-refractivity contribution in [2.45, 2.75) is 58.8 Å². The van der Waals surface area contributed by atoms with Crippen molar-refractivity contribution in [3.8, 4) is 11.3 Å². The molecule has 0 amide bonds. The molecule has 2 aliphatic carbocycles. The zero-order chi connectivity index (χ0) is 18.8. The molecule has 27 heavy (non-hydrogen) atoms. The minimum atomic E-state index is 0.340. The Morgan fingerprint density at radius 1 is 0.926 bits per heavy atom. The van der Waals surface area contributed by atoms with Crippen molar-refractivity contribution >= 4 is 10.9 Å². The van der Waals surface area contributed by atoms with E-state index in [1.165, 1.54) is 40.6 Å². The highest BCUT2D eigenvalue weighted by molar-refractivity contribution is 5.92. The number of benzene rings is 2. The molecule has 2 aliphatic rings. The molecule has 2 aromatic carbocycles. The van der Waals surface area contributed by atoms with Crippen LogP contribution in [0, 0.1) is 11.3 Å². The Labute approximate surface area is 162 Å². The minimum Gasteiger partial charge on any atom is -0.247 e. The summed E-state index contributed by atoms with van der Waals surface area (Å²) in [5.74, 6) is 1.96. The first-order valence-electron chi connectivity index (χ1n) is 10.5.